The van der Waals surface area contributed by atoms with Crippen molar-refractivity contribution in [2.24, 2.45) is 0 Å². The second-order valence-electron chi connectivity index (χ2n) is 5.08. The molecule has 4 nitrogen and oxygen atoms in total. The van der Waals surface area contributed by atoms with Gasteiger partial charge in [-0.1, -0.05) is 6.92 Å². The van der Waals surface area contributed by atoms with Gasteiger partial charge in [-0.2, -0.15) is 0 Å². The van der Waals surface area contributed by atoms with Crippen LogP contribution in [0.25, 0.3) is 0 Å². The molecule has 0 saturated carbocycles. The average molecular weight is 625 g/mol. The van der Waals surface area contributed by atoms with Crippen molar-refractivity contribution in [2.45, 2.75) is 19.4 Å². The van der Waals surface area contributed by atoms with Crippen molar-refractivity contribution in [2.75, 3.05) is 31.5 Å². The van der Waals surface area contributed by atoms with Gasteiger partial charge in [0.2, 0.25) is 5.91 Å². The summed E-state index contributed by atoms with van der Waals surface area (Å²) in [5.41, 5.74) is 0.935. The van der Waals surface area contributed by atoms with Gasteiger partial charge in [0.25, 0.3) is 0 Å². The number of benzene rings is 1. The lowest BCUT2D eigenvalue weighted by atomic mass is 10.1. The largest absolute Gasteiger partial charge is 0.323 e. The topological polar surface area (TPSA) is 44.4 Å². The van der Waals surface area contributed by atoms with E-state index in [1.165, 1.54) is 3.57 Å². The Hall–Kier alpha value is 0.800. The Morgan fingerprint density at radius 2 is 1.95 bits per heavy atom. The van der Waals surface area contributed by atoms with Crippen molar-refractivity contribution in [1.82, 2.24) is 10.2 Å². The van der Waals surface area contributed by atoms with E-state index in [2.05, 4.69) is 102 Å². The van der Waals surface area contributed by atoms with Crippen molar-refractivity contribution in [3.8, 4) is 0 Å². The molecule has 0 aromatic heterocycles. The summed E-state index contributed by atoms with van der Waals surface area (Å²) in [5, 5.41) is 6.35. The molecule has 1 aromatic rings. The molecular formula is C14H18I3N3O. The molecule has 1 saturated heterocycles. The highest BCUT2D eigenvalue weighted by atomic mass is 127. The number of anilines is 1. The third-order valence-corrected chi connectivity index (χ3v) is 5.73. The summed E-state index contributed by atoms with van der Waals surface area (Å²) in [6.07, 6.45) is 1.07. The smallest absolute Gasteiger partial charge is 0.238 e. The van der Waals surface area contributed by atoms with E-state index in [4.69, 9.17) is 0 Å². The summed E-state index contributed by atoms with van der Waals surface area (Å²) in [4.78, 5) is 14.6. The van der Waals surface area contributed by atoms with Gasteiger partial charge >= 0.3 is 0 Å². The Morgan fingerprint density at radius 1 is 1.33 bits per heavy atom. The summed E-state index contributed by atoms with van der Waals surface area (Å²) in [7, 11) is 0. The van der Waals surface area contributed by atoms with Gasteiger partial charge in [0.15, 0.2) is 0 Å². The van der Waals surface area contributed by atoms with Crippen LogP contribution in [-0.2, 0) is 4.79 Å². The molecule has 1 fully saturated rings. The van der Waals surface area contributed by atoms with Crippen molar-refractivity contribution in [3.05, 3.63) is 22.8 Å². The molecule has 2 rings (SSSR count). The highest BCUT2D eigenvalue weighted by Crippen LogP contribution is 2.27. The van der Waals surface area contributed by atoms with Crippen LogP contribution in [0.1, 0.15) is 13.3 Å². The minimum Gasteiger partial charge on any atom is -0.323 e. The lowest BCUT2D eigenvalue weighted by molar-refractivity contribution is -0.118. The number of hydrogen-bond donors (Lipinski definition) is 2. The van der Waals surface area contributed by atoms with E-state index in [0.29, 0.717) is 12.6 Å². The molecule has 0 radical (unpaired) electrons. The molecule has 1 amide bonds. The van der Waals surface area contributed by atoms with E-state index in [1.54, 1.807) is 0 Å². The summed E-state index contributed by atoms with van der Waals surface area (Å²) in [6.45, 7) is 5.58. The van der Waals surface area contributed by atoms with Gasteiger partial charge in [0.1, 0.15) is 0 Å². The van der Waals surface area contributed by atoms with Gasteiger partial charge < -0.3 is 10.6 Å². The van der Waals surface area contributed by atoms with Crippen molar-refractivity contribution < 1.29 is 4.79 Å². The molecule has 1 aliphatic heterocycles. The second kappa shape index (κ2) is 8.60. The van der Waals surface area contributed by atoms with Crippen LogP contribution in [0, 0.1) is 10.7 Å². The first-order valence-electron chi connectivity index (χ1n) is 6.90. The maximum absolute atomic E-state index is 12.3. The Balaban J connectivity index is 2.00. The first kappa shape index (κ1) is 18.1. The van der Waals surface area contributed by atoms with Crippen LogP contribution in [0.5, 0.6) is 0 Å². The third kappa shape index (κ3) is 5.15. The Morgan fingerprint density at radius 3 is 2.43 bits per heavy atom. The normalized spacial score (nSPS) is 15.1. The quantitative estimate of drug-likeness (QED) is 0.479. The summed E-state index contributed by atoms with van der Waals surface area (Å²) in [5.74, 6) is 0.0763. The van der Waals surface area contributed by atoms with Gasteiger partial charge in [0.05, 0.1) is 12.2 Å². The molecule has 1 heterocycles. The van der Waals surface area contributed by atoms with Gasteiger partial charge in [-0.3, -0.25) is 9.69 Å². The Bertz CT molecular complexity index is 497. The predicted molar refractivity (Wildman–Crippen MR) is 112 cm³/mol. The van der Waals surface area contributed by atoms with Gasteiger partial charge in [-0.25, -0.2) is 0 Å². The van der Waals surface area contributed by atoms with E-state index >= 15 is 0 Å². The van der Waals surface area contributed by atoms with E-state index in [0.717, 1.165) is 38.9 Å². The molecule has 0 unspecified atom stereocenters. The molecule has 116 valence electrons. The van der Waals surface area contributed by atoms with E-state index in [1.807, 2.05) is 0 Å². The zero-order chi connectivity index (χ0) is 15.4. The average Bonchev–Trinajstić information content (AvgIpc) is 2.31. The fourth-order valence-electron chi connectivity index (χ4n) is 2.23. The standard InChI is InChI=1S/C14H18I3N3O/c1-2-3-20(10-6-18-7-10)8-13(21)19-14-11(16)4-9(15)5-12(14)17/h4-5,10,18H,2-3,6-8H2,1H3,(H,19,21). The maximum Gasteiger partial charge on any atom is 0.238 e. The number of halogens is 3. The number of amides is 1. The fraction of sp³-hybridized carbons (Fsp3) is 0.500. The van der Waals surface area contributed by atoms with Crippen LogP contribution in [-0.4, -0.2) is 43.0 Å². The fourth-order valence-corrected chi connectivity index (χ4v) is 6.09. The third-order valence-electron chi connectivity index (χ3n) is 3.41. The zero-order valence-electron chi connectivity index (χ0n) is 11.8. The first-order chi connectivity index (χ1) is 10.0. The number of carbonyl (C=O) groups is 1. The van der Waals surface area contributed by atoms with Crippen LogP contribution in [0.15, 0.2) is 12.1 Å². The van der Waals surface area contributed by atoms with Gasteiger partial charge in [-0.05, 0) is 92.9 Å². The van der Waals surface area contributed by atoms with Crippen LogP contribution in [0.4, 0.5) is 5.69 Å². The van der Waals surface area contributed by atoms with Crippen molar-refractivity contribution in [3.63, 3.8) is 0 Å². The van der Waals surface area contributed by atoms with Crippen molar-refractivity contribution in [1.29, 1.82) is 0 Å². The SMILES string of the molecule is CCCN(CC(=O)Nc1c(I)cc(I)cc1I)C1CNC1. The minimum absolute atomic E-state index is 0.0763. The Labute approximate surface area is 166 Å². The van der Waals surface area contributed by atoms with E-state index in [9.17, 15) is 4.79 Å². The van der Waals surface area contributed by atoms with Crippen LogP contribution in [0.3, 0.4) is 0 Å². The highest BCUT2D eigenvalue weighted by molar-refractivity contribution is 14.1. The molecule has 7 heteroatoms. The molecule has 0 bridgehead atoms. The maximum atomic E-state index is 12.3. The monoisotopic (exact) mass is 625 g/mol. The van der Waals surface area contributed by atoms with Crippen LogP contribution < -0.4 is 10.6 Å². The number of hydrogen-bond acceptors (Lipinski definition) is 3. The molecule has 2 N–H and O–H groups in total. The molecule has 0 aliphatic carbocycles. The predicted octanol–water partition coefficient (Wildman–Crippen LogP) is 3.12. The van der Waals surface area contributed by atoms with Gasteiger partial charge in [0, 0.05) is 29.8 Å². The zero-order valence-corrected chi connectivity index (χ0v) is 18.2. The summed E-state index contributed by atoms with van der Waals surface area (Å²) >= 11 is 6.85. The van der Waals surface area contributed by atoms with E-state index < -0.39 is 0 Å². The lowest BCUT2D eigenvalue weighted by Gasteiger charge is -2.37. The van der Waals surface area contributed by atoms with E-state index in [-0.39, 0.29) is 5.91 Å². The van der Waals surface area contributed by atoms with Crippen LogP contribution >= 0.6 is 67.8 Å². The minimum atomic E-state index is 0.0763. The van der Waals surface area contributed by atoms with Crippen LogP contribution in [0.2, 0.25) is 0 Å². The summed E-state index contributed by atoms with van der Waals surface area (Å²) in [6, 6.07) is 4.67. The van der Waals surface area contributed by atoms with Gasteiger partial charge in [-0.15, -0.1) is 0 Å². The number of nitrogens with one attached hydrogen (secondary N) is 2. The van der Waals surface area contributed by atoms with Crippen molar-refractivity contribution >= 4 is 79.4 Å². The molecule has 0 atom stereocenters. The number of carbonyl (C=O) groups excluding carboxylic acids is 1. The first-order valence-corrected chi connectivity index (χ1v) is 10.1. The molecule has 1 aromatic carbocycles. The second-order valence-corrected chi connectivity index (χ2v) is 8.65. The number of nitrogens with zero attached hydrogens (tertiary/aromatic N) is 1. The molecule has 0 spiro atoms. The highest BCUT2D eigenvalue weighted by Gasteiger charge is 2.25. The lowest BCUT2D eigenvalue weighted by Crippen LogP contribution is -2.58. The molecule has 21 heavy (non-hydrogen) atoms. The molecular weight excluding hydrogens is 607 g/mol. The Kier molecular flexibility index (Phi) is 7.43. The molecule has 1 aliphatic rings. The summed E-state index contributed by atoms with van der Waals surface area (Å²) < 4.78 is 3.36. The number of rotatable bonds is 6.